The highest BCUT2D eigenvalue weighted by Gasteiger charge is 2.72. The van der Waals surface area contributed by atoms with E-state index < -0.39 is 46.9 Å². The van der Waals surface area contributed by atoms with Gasteiger partial charge in [-0.2, -0.15) is 0 Å². The molecule has 410 valence electrons. The van der Waals surface area contributed by atoms with Crippen LogP contribution in [0.5, 0.6) is 11.5 Å². The first-order chi connectivity index (χ1) is 38.8. The molecule has 10 atom stereocenters. The van der Waals surface area contributed by atoms with Crippen molar-refractivity contribution in [2.45, 2.75) is 67.7 Å². The number of rotatable bonds is 13. The van der Waals surface area contributed by atoms with E-state index in [1.807, 2.05) is 97.9 Å². The second-order valence-electron chi connectivity index (χ2n) is 20.6. The van der Waals surface area contributed by atoms with Crippen LogP contribution in [0.1, 0.15) is 75.7 Å². The van der Waals surface area contributed by atoms with E-state index in [2.05, 4.69) is 40.5 Å². The molecule has 4 aliphatic carbocycles. The van der Waals surface area contributed by atoms with Crippen molar-refractivity contribution in [2.75, 3.05) is 31.5 Å². The van der Waals surface area contributed by atoms with E-state index in [1.54, 1.807) is 71.9 Å². The van der Waals surface area contributed by atoms with Crippen LogP contribution in [-0.4, -0.2) is 112 Å². The number of fused-ring (bicyclic) bond motifs is 4. The lowest BCUT2D eigenvalue weighted by Crippen LogP contribution is -2.32. The van der Waals surface area contributed by atoms with Crippen LogP contribution in [0.15, 0.2) is 165 Å². The summed E-state index contributed by atoms with van der Waals surface area (Å²) in [4.78, 5) is 49.5. The summed E-state index contributed by atoms with van der Waals surface area (Å²) in [6.07, 6.45) is 2.62. The first kappa shape index (κ1) is 53.8. The van der Waals surface area contributed by atoms with E-state index >= 15 is 0 Å². The zero-order valence-corrected chi connectivity index (χ0v) is 44.5. The molecular formula is C60H57ClF2N10O7. The number of nitrogens with zero attached hydrogens (tertiary/aromatic N) is 8. The van der Waals surface area contributed by atoms with Crippen molar-refractivity contribution < 1.29 is 43.2 Å². The van der Waals surface area contributed by atoms with Crippen LogP contribution in [0.3, 0.4) is 0 Å². The standard InChI is InChI=1S/C21H19ClO2.C20H20FN5O2.C19H18FN5O3/c1-23-19-12-8-17(9-13-19)21(22,16-6-4-3-5-7-16)18-10-14-20(24-2)15-11-18;1-2-20-8-12(20)15(13(21)16(20)27)26-10-24-14-17(22-9-23-18(14)26)25-19(28)11-6-4-3-5-7-11;20-12-14(11-6-19(11,7-26)15(12)27)25-9-23-13-16(21-8-22-17(13)25)24-18(28)10-4-2-1-3-5-10/h3-15H,1-2H3;3-7,9-10,12-13,15-16,27H,2,8H2,1H3,(H,22,23,25,28);1-5,8-9,11-12,14-15,26-27H,6-7H2,(H,21,22,24,28)/t;12-,13+,15-,16+,20-;11-,12+,14-,15+,19+/m.11/s1. The first-order valence-corrected chi connectivity index (χ1v) is 26.6. The molecule has 0 spiro atoms. The number of amides is 2. The fourth-order valence-electron chi connectivity index (χ4n) is 12.0. The number of ether oxygens (including phenoxy) is 2. The molecule has 4 heterocycles. The molecule has 0 bridgehead atoms. The Kier molecular flexibility index (Phi) is 14.6. The summed E-state index contributed by atoms with van der Waals surface area (Å²) in [6.45, 7) is 1.74. The third kappa shape index (κ3) is 9.36. The van der Waals surface area contributed by atoms with Gasteiger partial charge in [-0.3, -0.25) is 9.59 Å². The van der Waals surface area contributed by atoms with E-state index in [0.29, 0.717) is 39.9 Å². The smallest absolute Gasteiger partial charge is 0.256 e. The Morgan fingerprint density at radius 1 is 0.600 bits per heavy atom. The normalized spacial score (nSPS) is 25.0. The zero-order chi connectivity index (χ0) is 55.9. The Morgan fingerprint density at radius 2 is 0.988 bits per heavy atom. The molecule has 4 aliphatic rings. The van der Waals surface area contributed by atoms with Crippen LogP contribution in [0, 0.1) is 22.7 Å². The SMILES string of the molecule is CC[C@@]12C[C@@H]1[C@@H](n1cnc3c(NC(=O)c4ccccc4)ncnc31)[C@H](F)[C@@H]2O.COc1ccc(C(Cl)(c2ccccc2)c2ccc(OC)cc2)cc1.O=C(Nc1ncnc2c1ncn2[C@H]1[C@H](F)[C@H](O)[C@]2(CO)C[C@H]12)c1ccccc1. The number of aromatic nitrogens is 8. The van der Waals surface area contributed by atoms with E-state index in [-0.39, 0.29) is 47.3 Å². The molecule has 5 aromatic carbocycles. The summed E-state index contributed by atoms with van der Waals surface area (Å²) in [5.74, 6) is 1.37. The van der Waals surface area contributed by atoms with Gasteiger partial charge in [0.05, 0.1) is 57.8 Å². The number of aliphatic hydroxyl groups is 3. The number of imidazole rings is 2. The Hall–Kier alpha value is -8.23. The maximum Gasteiger partial charge on any atom is 0.256 e. The lowest BCUT2D eigenvalue weighted by Gasteiger charge is -2.29. The van der Waals surface area contributed by atoms with E-state index in [1.165, 1.54) is 25.3 Å². The number of carbonyl (C=O) groups excluding carboxylic acids is 2. The second-order valence-corrected chi connectivity index (χ2v) is 21.1. The largest absolute Gasteiger partial charge is 0.497 e. The van der Waals surface area contributed by atoms with Crippen LogP contribution in [0.2, 0.25) is 0 Å². The number of hydrogen-bond acceptors (Lipinski definition) is 13. The number of halogens is 3. The van der Waals surface area contributed by atoms with Gasteiger partial charge in [-0.1, -0.05) is 97.9 Å². The third-order valence-electron chi connectivity index (χ3n) is 16.6. The maximum atomic E-state index is 14.9. The maximum absolute atomic E-state index is 14.9. The van der Waals surface area contributed by atoms with Crippen LogP contribution in [0.4, 0.5) is 20.4 Å². The number of aliphatic hydroxyl groups excluding tert-OH is 3. The van der Waals surface area contributed by atoms with Crippen molar-refractivity contribution >= 4 is 57.4 Å². The van der Waals surface area contributed by atoms with E-state index in [4.69, 9.17) is 21.1 Å². The quantitative estimate of drug-likeness (QED) is 0.0537. The van der Waals surface area contributed by atoms with Gasteiger partial charge in [-0.15, -0.1) is 11.6 Å². The molecular weight excluding hydrogens is 1050 g/mol. The van der Waals surface area contributed by atoms with Crippen LogP contribution in [-0.2, 0) is 4.87 Å². The molecule has 4 fully saturated rings. The summed E-state index contributed by atoms with van der Waals surface area (Å²) < 4.78 is 43.5. The number of alkyl halides is 3. The molecule has 0 radical (unpaired) electrons. The average Bonchev–Trinajstić information content (AvgIpc) is 4.22. The topological polar surface area (TPSA) is 225 Å². The van der Waals surface area contributed by atoms with Crippen molar-refractivity contribution in [2.24, 2.45) is 22.7 Å². The van der Waals surface area contributed by atoms with Gasteiger partial charge in [0.2, 0.25) is 0 Å². The van der Waals surface area contributed by atoms with Crippen molar-refractivity contribution in [3.8, 4) is 11.5 Å². The minimum Gasteiger partial charge on any atom is -0.497 e. The fourth-order valence-corrected chi connectivity index (χ4v) is 12.4. The lowest BCUT2D eigenvalue weighted by molar-refractivity contribution is 0.00953. The Morgan fingerprint density at radius 3 is 1.38 bits per heavy atom. The number of nitrogens with one attached hydrogen (secondary N) is 2. The van der Waals surface area contributed by atoms with Crippen molar-refractivity contribution in [3.05, 3.63) is 193 Å². The fraction of sp³-hybridized carbons (Fsp3) is 0.300. The second kappa shape index (κ2) is 21.8. The van der Waals surface area contributed by atoms with Crippen molar-refractivity contribution in [3.63, 3.8) is 0 Å². The molecule has 4 aromatic heterocycles. The highest BCUT2D eigenvalue weighted by molar-refractivity contribution is 6.28. The molecule has 0 aliphatic heterocycles. The summed E-state index contributed by atoms with van der Waals surface area (Å²) >= 11 is 7.22. The van der Waals surface area contributed by atoms with E-state index in [9.17, 15) is 33.7 Å². The molecule has 20 heteroatoms. The highest BCUT2D eigenvalue weighted by atomic mass is 35.5. The third-order valence-corrected chi connectivity index (χ3v) is 17.3. The Labute approximate surface area is 463 Å². The molecule has 0 unspecified atom stereocenters. The van der Waals surface area contributed by atoms with Gasteiger partial charge in [0.25, 0.3) is 11.8 Å². The van der Waals surface area contributed by atoms with Gasteiger partial charge in [-0.25, -0.2) is 38.7 Å². The predicted molar refractivity (Wildman–Crippen MR) is 296 cm³/mol. The molecule has 80 heavy (non-hydrogen) atoms. The number of benzene rings is 5. The number of methoxy groups -OCH3 is 2. The summed E-state index contributed by atoms with van der Waals surface area (Å²) in [5.41, 5.74) is 4.43. The van der Waals surface area contributed by atoms with Gasteiger partial charge >= 0.3 is 0 Å². The van der Waals surface area contributed by atoms with Gasteiger partial charge in [-0.05, 0) is 96.3 Å². The summed E-state index contributed by atoms with van der Waals surface area (Å²) in [5, 5.41) is 35.7. The first-order valence-electron chi connectivity index (χ1n) is 26.2. The molecule has 13 rings (SSSR count). The highest BCUT2D eigenvalue weighted by Crippen LogP contribution is 2.70. The molecule has 5 N–H and O–H groups in total. The molecule has 2 amide bonds. The van der Waals surface area contributed by atoms with Crippen molar-refractivity contribution in [1.82, 2.24) is 39.0 Å². The number of anilines is 2. The molecule has 17 nitrogen and oxygen atoms in total. The lowest BCUT2D eigenvalue weighted by atomic mass is 9.84. The van der Waals surface area contributed by atoms with Gasteiger partial charge in [0.1, 0.15) is 41.4 Å². The van der Waals surface area contributed by atoms with Gasteiger partial charge in [0.15, 0.2) is 34.0 Å². The molecule has 9 aromatic rings. The minimum absolute atomic E-state index is 0.0669. The van der Waals surface area contributed by atoms with Gasteiger partial charge < -0.3 is 44.6 Å². The molecule has 0 saturated heterocycles. The monoisotopic (exact) mass is 1100 g/mol. The van der Waals surface area contributed by atoms with Crippen LogP contribution in [0.25, 0.3) is 22.3 Å². The zero-order valence-electron chi connectivity index (χ0n) is 43.7. The Bertz CT molecular complexity index is 3440. The Balaban J connectivity index is 0.000000127. The number of carbonyl (C=O) groups is 2. The van der Waals surface area contributed by atoms with Crippen LogP contribution >= 0.6 is 11.6 Å². The average molecular weight is 1100 g/mol. The minimum atomic E-state index is -1.53. The molecule has 4 saturated carbocycles. The predicted octanol–water partition coefficient (Wildman–Crippen LogP) is 9.31. The number of hydrogen-bond donors (Lipinski definition) is 5. The van der Waals surface area contributed by atoms with Crippen molar-refractivity contribution in [1.29, 1.82) is 0 Å². The van der Waals surface area contributed by atoms with Crippen LogP contribution < -0.4 is 20.1 Å². The summed E-state index contributed by atoms with van der Waals surface area (Å²) in [6, 6.07) is 42.1. The van der Waals surface area contributed by atoms with Gasteiger partial charge in [0, 0.05) is 22.0 Å². The van der Waals surface area contributed by atoms with E-state index in [0.717, 1.165) is 41.0 Å². The summed E-state index contributed by atoms with van der Waals surface area (Å²) in [7, 11) is 3.31.